The Labute approximate surface area is 150 Å². The van der Waals surface area contributed by atoms with E-state index in [4.69, 9.17) is 0 Å². The lowest BCUT2D eigenvalue weighted by atomic mass is 9.98. The summed E-state index contributed by atoms with van der Waals surface area (Å²) in [6.45, 7) is 3.58. The van der Waals surface area contributed by atoms with E-state index in [0.717, 1.165) is 18.6 Å². The number of piperidine rings is 1. The van der Waals surface area contributed by atoms with Crippen LogP contribution in [0.5, 0.6) is 0 Å². The van der Waals surface area contributed by atoms with Crippen LogP contribution in [0.2, 0.25) is 0 Å². The SMILES string of the molecule is c1ccc(CN2CCCCC2CCNC2CSCCSC2)cc1. The largest absolute Gasteiger partial charge is 0.312 e. The molecule has 2 nitrogen and oxygen atoms in total. The molecule has 4 heteroatoms. The van der Waals surface area contributed by atoms with Gasteiger partial charge in [0.2, 0.25) is 0 Å². The molecule has 0 bridgehead atoms. The summed E-state index contributed by atoms with van der Waals surface area (Å²) in [6.07, 6.45) is 5.46. The third kappa shape index (κ3) is 6.00. The highest BCUT2D eigenvalue weighted by atomic mass is 32.2. The fourth-order valence-electron chi connectivity index (χ4n) is 3.60. The molecule has 2 aliphatic rings. The number of rotatable bonds is 6. The molecule has 0 amide bonds. The fraction of sp³-hybridized carbons (Fsp3) is 0.684. The molecule has 1 atom stereocenters. The quantitative estimate of drug-likeness (QED) is 0.837. The minimum absolute atomic E-state index is 0.721. The van der Waals surface area contributed by atoms with Crippen molar-refractivity contribution in [3.8, 4) is 0 Å². The number of hydrogen-bond acceptors (Lipinski definition) is 4. The van der Waals surface area contributed by atoms with Crippen molar-refractivity contribution < 1.29 is 0 Å². The van der Waals surface area contributed by atoms with E-state index in [1.54, 1.807) is 0 Å². The number of likely N-dealkylation sites (tertiary alicyclic amines) is 1. The van der Waals surface area contributed by atoms with E-state index in [1.165, 1.54) is 67.3 Å². The number of nitrogens with one attached hydrogen (secondary N) is 1. The maximum absolute atomic E-state index is 3.82. The molecule has 1 unspecified atom stereocenters. The van der Waals surface area contributed by atoms with Gasteiger partial charge in [0.25, 0.3) is 0 Å². The van der Waals surface area contributed by atoms with Gasteiger partial charge >= 0.3 is 0 Å². The lowest BCUT2D eigenvalue weighted by Crippen LogP contribution is -2.42. The first-order chi connectivity index (χ1) is 11.4. The van der Waals surface area contributed by atoms with Gasteiger partial charge in [-0.2, -0.15) is 23.5 Å². The van der Waals surface area contributed by atoms with Gasteiger partial charge in [-0.05, 0) is 37.9 Å². The van der Waals surface area contributed by atoms with Crippen molar-refractivity contribution in [2.24, 2.45) is 0 Å². The van der Waals surface area contributed by atoms with Crippen molar-refractivity contribution >= 4 is 23.5 Å². The third-order valence-electron chi connectivity index (χ3n) is 4.90. The van der Waals surface area contributed by atoms with Gasteiger partial charge in [-0.25, -0.2) is 0 Å². The number of nitrogens with zero attached hydrogens (tertiary/aromatic N) is 1. The van der Waals surface area contributed by atoms with Crippen molar-refractivity contribution in [3.05, 3.63) is 35.9 Å². The predicted molar refractivity (Wildman–Crippen MR) is 106 cm³/mol. The minimum Gasteiger partial charge on any atom is -0.312 e. The lowest BCUT2D eigenvalue weighted by Gasteiger charge is -2.36. The first-order valence-electron chi connectivity index (χ1n) is 9.08. The maximum atomic E-state index is 3.82. The second-order valence-corrected chi connectivity index (χ2v) is 8.99. The van der Waals surface area contributed by atoms with Crippen LogP contribution in [0.15, 0.2) is 30.3 Å². The van der Waals surface area contributed by atoms with E-state index < -0.39 is 0 Å². The molecular weight excluding hydrogens is 320 g/mol. The zero-order valence-electron chi connectivity index (χ0n) is 14.1. The zero-order chi connectivity index (χ0) is 15.7. The van der Waals surface area contributed by atoms with Crippen LogP contribution in [0.4, 0.5) is 0 Å². The maximum Gasteiger partial charge on any atom is 0.0248 e. The molecule has 2 heterocycles. The molecular formula is C19H30N2S2. The van der Waals surface area contributed by atoms with Crippen molar-refractivity contribution in [2.45, 2.75) is 44.3 Å². The van der Waals surface area contributed by atoms with E-state index >= 15 is 0 Å². The Kier molecular flexibility index (Phi) is 7.66. The summed E-state index contributed by atoms with van der Waals surface area (Å²) in [6, 6.07) is 12.5. The van der Waals surface area contributed by atoms with Gasteiger partial charge < -0.3 is 5.32 Å². The first-order valence-corrected chi connectivity index (χ1v) is 11.4. The molecule has 3 rings (SSSR count). The Morgan fingerprint density at radius 3 is 2.61 bits per heavy atom. The van der Waals surface area contributed by atoms with E-state index in [-0.39, 0.29) is 0 Å². The molecule has 0 aliphatic carbocycles. The van der Waals surface area contributed by atoms with Gasteiger partial charge in [0, 0.05) is 41.6 Å². The molecule has 128 valence electrons. The van der Waals surface area contributed by atoms with Crippen molar-refractivity contribution in [1.29, 1.82) is 0 Å². The van der Waals surface area contributed by atoms with Gasteiger partial charge in [0.1, 0.15) is 0 Å². The summed E-state index contributed by atoms with van der Waals surface area (Å²) >= 11 is 4.24. The minimum atomic E-state index is 0.721. The Balaban J connectivity index is 1.44. The smallest absolute Gasteiger partial charge is 0.0248 e. The van der Waals surface area contributed by atoms with E-state index in [0.29, 0.717) is 0 Å². The lowest BCUT2D eigenvalue weighted by molar-refractivity contribution is 0.131. The molecule has 1 aromatic carbocycles. The van der Waals surface area contributed by atoms with Gasteiger partial charge in [0.15, 0.2) is 0 Å². The molecule has 2 saturated heterocycles. The van der Waals surface area contributed by atoms with Crippen LogP contribution in [0, 0.1) is 0 Å². The van der Waals surface area contributed by atoms with Gasteiger partial charge in [0.05, 0.1) is 0 Å². The topological polar surface area (TPSA) is 15.3 Å². The van der Waals surface area contributed by atoms with Gasteiger partial charge in [-0.3, -0.25) is 4.90 Å². The number of thioether (sulfide) groups is 2. The van der Waals surface area contributed by atoms with Crippen molar-refractivity contribution in [3.63, 3.8) is 0 Å². The average Bonchev–Trinajstić information content (AvgIpc) is 2.86. The van der Waals surface area contributed by atoms with Crippen LogP contribution in [-0.2, 0) is 6.54 Å². The molecule has 2 fully saturated rings. The Morgan fingerprint density at radius 2 is 1.83 bits per heavy atom. The van der Waals surface area contributed by atoms with Crippen LogP contribution >= 0.6 is 23.5 Å². The van der Waals surface area contributed by atoms with Gasteiger partial charge in [-0.1, -0.05) is 36.8 Å². The van der Waals surface area contributed by atoms with E-state index in [2.05, 4.69) is 64.1 Å². The normalized spacial score (nSPS) is 24.4. The molecule has 1 aromatic rings. The van der Waals surface area contributed by atoms with Gasteiger partial charge in [-0.15, -0.1) is 0 Å². The molecule has 1 N–H and O–H groups in total. The highest BCUT2D eigenvalue weighted by Crippen LogP contribution is 2.22. The predicted octanol–water partition coefficient (Wildman–Crippen LogP) is 3.87. The van der Waals surface area contributed by atoms with Crippen molar-refractivity contribution in [2.75, 3.05) is 36.1 Å². The highest BCUT2D eigenvalue weighted by Gasteiger charge is 2.22. The second-order valence-electron chi connectivity index (χ2n) is 6.70. The van der Waals surface area contributed by atoms with Crippen molar-refractivity contribution in [1.82, 2.24) is 10.2 Å². The van der Waals surface area contributed by atoms with E-state index in [9.17, 15) is 0 Å². The standard InChI is InChI=1S/C19H30N2S2/c1-2-6-17(7-3-1)14-21-11-5-4-8-19(21)9-10-20-18-15-22-12-13-23-16-18/h1-3,6-7,18-20H,4-5,8-16H2. The Bertz CT molecular complexity index is 432. The second kappa shape index (κ2) is 9.97. The molecule has 2 aliphatic heterocycles. The third-order valence-corrected chi connectivity index (χ3v) is 7.42. The highest BCUT2D eigenvalue weighted by molar-refractivity contribution is 8.03. The van der Waals surface area contributed by atoms with Crippen LogP contribution in [0.1, 0.15) is 31.2 Å². The zero-order valence-corrected chi connectivity index (χ0v) is 15.7. The monoisotopic (exact) mass is 350 g/mol. The Morgan fingerprint density at radius 1 is 1.04 bits per heavy atom. The van der Waals surface area contributed by atoms with Crippen LogP contribution < -0.4 is 5.32 Å². The summed E-state index contributed by atoms with van der Waals surface area (Å²) in [5.74, 6) is 5.25. The summed E-state index contributed by atoms with van der Waals surface area (Å²) < 4.78 is 0. The summed E-state index contributed by atoms with van der Waals surface area (Å²) in [5, 5.41) is 3.82. The molecule has 0 radical (unpaired) electrons. The summed E-state index contributed by atoms with van der Waals surface area (Å²) in [7, 11) is 0. The van der Waals surface area contributed by atoms with Crippen LogP contribution in [0.25, 0.3) is 0 Å². The molecule has 23 heavy (non-hydrogen) atoms. The molecule has 0 saturated carbocycles. The van der Waals surface area contributed by atoms with Crippen LogP contribution in [-0.4, -0.2) is 53.1 Å². The number of benzene rings is 1. The fourth-order valence-corrected chi connectivity index (χ4v) is 6.07. The molecule has 0 spiro atoms. The molecule has 0 aromatic heterocycles. The van der Waals surface area contributed by atoms with Crippen LogP contribution in [0.3, 0.4) is 0 Å². The van der Waals surface area contributed by atoms with E-state index in [1.807, 2.05) is 0 Å². The summed E-state index contributed by atoms with van der Waals surface area (Å²) in [4.78, 5) is 2.72. The average molecular weight is 351 g/mol. The number of hydrogen-bond donors (Lipinski definition) is 1. The summed E-state index contributed by atoms with van der Waals surface area (Å²) in [5.41, 5.74) is 1.46. The Hall–Kier alpha value is -0.160. The first kappa shape index (κ1) is 17.7.